The lowest BCUT2D eigenvalue weighted by Gasteiger charge is -2.18. The van der Waals surface area contributed by atoms with Gasteiger partial charge in [-0.2, -0.15) is 0 Å². The van der Waals surface area contributed by atoms with Gasteiger partial charge in [0, 0.05) is 19.3 Å². The summed E-state index contributed by atoms with van der Waals surface area (Å²) in [4.78, 5) is 38.0. The molecule has 0 aromatic carbocycles. The lowest BCUT2D eigenvalue weighted by molar-refractivity contribution is -0.167. The van der Waals surface area contributed by atoms with Crippen molar-refractivity contribution in [3.05, 3.63) is 0 Å². The number of carbonyl (C=O) groups excluding carboxylic acids is 3. The van der Waals surface area contributed by atoms with E-state index >= 15 is 0 Å². The van der Waals surface area contributed by atoms with Gasteiger partial charge in [0.2, 0.25) is 0 Å². The summed E-state index contributed by atoms with van der Waals surface area (Å²) < 4.78 is 16.8. The molecule has 0 saturated heterocycles. The van der Waals surface area contributed by atoms with Crippen LogP contribution in [0, 0.1) is 11.8 Å². The Balaban J connectivity index is 4.26. The predicted molar refractivity (Wildman–Crippen MR) is 261 cm³/mol. The van der Waals surface area contributed by atoms with E-state index in [4.69, 9.17) is 14.2 Å². The van der Waals surface area contributed by atoms with Crippen LogP contribution in [0.15, 0.2) is 0 Å². The Morgan fingerprint density at radius 2 is 0.623 bits per heavy atom. The SMILES string of the molecule is CCCCCCCCCCCCCCC(=O)OC[C@H](COC(=O)CCCCCCCCCCCCCCCCCCC(C)C)OC(=O)CCCCCCCCCCC(C)CC. The van der Waals surface area contributed by atoms with Crippen LogP contribution in [0.5, 0.6) is 0 Å². The van der Waals surface area contributed by atoms with Crippen LogP contribution in [0.3, 0.4) is 0 Å². The first-order chi connectivity index (χ1) is 29.8. The Morgan fingerprint density at radius 1 is 0.344 bits per heavy atom. The van der Waals surface area contributed by atoms with Crippen molar-refractivity contribution in [1.82, 2.24) is 0 Å². The van der Waals surface area contributed by atoms with Gasteiger partial charge in [-0.05, 0) is 31.1 Å². The summed E-state index contributed by atoms with van der Waals surface area (Å²) in [5.41, 5.74) is 0. The molecule has 0 heterocycles. The van der Waals surface area contributed by atoms with Crippen LogP contribution in [0.1, 0.15) is 304 Å². The summed E-state index contributed by atoms with van der Waals surface area (Å²) >= 11 is 0. The summed E-state index contributed by atoms with van der Waals surface area (Å²) in [7, 11) is 0. The Kier molecular flexibility index (Phi) is 46.6. The van der Waals surface area contributed by atoms with Crippen LogP contribution in [-0.2, 0) is 28.6 Å². The molecule has 0 bridgehead atoms. The van der Waals surface area contributed by atoms with Crippen LogP contribution < -0.4 is 0 Å². The van der Waals surface area contributed by atoms with E-state index in [1.54, 1.807) is 0 Å². The van der Waals surface area contributed by atoms with Crippen molar-refractivity contribution in [3.63, 3.8) is 0 Å². The lowest BCUT2D eigenvalue weighted by Crippen LogP contribution is -2.30. The van der Waals surface area contributed by atoms with Crippen LogP contribution in [-0.4, -0.2) is 37.2 Å². The number of esters is 3. The third-order valence-electron chi connectivity index (χ3n) is 12.8. The van der Waals surface area contributed by atoms with Gasteiger partial charge in [0.15, 0.2) is 6.10 Å². The van der Waals surface area contributed by atoms with E-state index in [2.05, 4.69) is 34.6 Å². The van der Waals surface area contributed by atoms with Crippen molar-refractivity contribution in [2.24, 2.45) is 11.8 Å². The van der Waals surface area contributed by atoms with E-state index in [1.165, 1.54) is 193 Å². The highest BCUT2D eigenvalue weighted by molar-refractivity contribution is 5.71. The highest BCUT2D eigenvalue weighted by atomic mass is 16.6. The Bertz CT molecular complexity index is 933. The minimum atomic E-state index is -0.762. The van der Waals surface area contributed by atoms with Gasteiger partial charge in [-0.3, -0.25) is 14.4 Å². The molecule has 0 amide bonds. The van der Waals surface area contributed by atoms with Crippen molar-refractivity contribution >= 4 is 17.9 Å². The third-order valence-corrected chi connectivity index (χ3v) is 12.8. The maximum atomic E-state index is 12.8. The monoisotopic (exact) mass is 863 g/mol. The normalized spacial score (nSPS) is 12.5. The van der Waals surface area contributed by atoms with Crippen molar-refractivity contribution in [2.75, 3.05) is 13.2 Å². The molecule has 6 heteroatoms. The Labute approximate surface area is 380 Å². The summed E-state index contributed by atoms with van der Waals surface area (Å²) in [6.07, 6.45) is 49.4. The second-order valence-corrected chi connectivity index (χ2v) is 19.6. The molecule has 2 atom stereocenters. The molecule has 0 aliphatic carbocycles. The molecule has 0 radical (unpaired) electrons. The van der Waals surface area contributed by atoms with E-state index < -0.39 is 6.10 Å². The predicted octanol–water partition coefficient (Wildman–Crippen LogP) is 17.7. The van der Waals surface area contributed by atoms with E-state index in [0.717, 1.165) is 69.6 Å². The minimum Gasteiger partial charge on any atom is -0.462 e. The van der Waals surface area contributed by atoms with E-state index in [1.807, 2.05) is 0 Å². The van der Waals surface area contributed by atoms with Gasteiger partial charge in [0.1, 0.15) is 13.2 Å². The largest absolute Gasteiger partial charge is 0.462 e. The van der Waals surface area contributed by atoms with Crippen molar-refractivity contribution in [3.8, 4) is 0 Å². The van der Waals surface area contributed by atoms with E-state index in [-0.39, 0.29) is 31.1 Å². The van der Waals surface area contributed by atoms with Crippen LogP contribution in [0.25, 0.3) is 0 Å². The number of ether oxygens (including phenoxy) is 3. The number of hydrogen-bond donors (Lipinski definition) is 0. The zero-order valence-corrected chi connectivity index (χ0v) is 41.8. The maximum absolute atomic E-state index is 12.8. The Hall–Kier alpha value is -1.59. The highest BCUT2D eigenvalue weighted by Gasteiger charge is 2.19. The summed E-state index contributed by atoms with van der Waals surface area (Å²) in [6.45, 7) is 11.4. The maximum Gasteiger partial charge on any atom is 0.306 e. The first-order valence-electron chi connectivity index (χ1n) is 27.3. The molecule has 0 saturated carbocycles. The van der Waals surface area contributed by atoms with Crippen LogP contribution >= 0.6 is 0 Å². The molecule has 1 unspecified atom stereocenters. The lowest BCUT2D eigenvalue weighted by atomic mass is 9.99. The first-order valence-corrected chi connectivity index (χ1v) is 27.3. The number of rotatable bonds is 49. The second-order valence-electron chi connectivity index (χ2n) is 19.6. The molecule has 0 fully saturated rings. The van der Waals surface area contributed by atoms with Crippen molar-refractivity contribution in [1.29, 1.82) is 0 Å². The second kappa shape index (κ2) is 47.9. The zero-order chi connectivity index (χ0) is 44.7. The Morgan fingerprint density at radius 3 is 0.934 bits per heavy atom. The average Bonchev–Trinajstić information content (AvgIpc) is 3.24. The number of hydrogen-bond acceptors (Lipinski definition) is 6. The average molecular weight is 863 g/mol. The molecule has 0 aliphatic heterocycles. The molecule has 0 spiro atoms. The standard InChI is InChI=1S/C55H106O6/c1-6-8-9-10-11-12-13-21-24-30-35-40-45-53(56)59-48-52(61-55(58)47-42-37-32-27-26-29-34-39-44-51(5)7-2)49-60-54(57)46-41-36-31-25-22-19-17-15-14-16-18-20-23-28-33-38-43-50(3)4/h50-52H,6-49H2,1-5H3/t51?,52-/m1/s1. The zero-order valence-electron chi connectivity index (χ0n) is 41.8. The fourth-order valence-corrected chi connectivity index (χ4v) is 8.31. The molecule has 362 valence electrons. The minimum absolute atomic E-state index is 0.0636. The van der Waals surface area contributed by atoms with Gasteiger partial charge in [0.05, 0.1) is 0 Å². The molecule has 0 rings (SSSR count). The smallest absolute Gasteiger partial charge is 0.306 e. The summed E-state index contributed by atoms with van der Waals surface area (Å²) in [6, 6.07) is 0. The fraction of sp³-hybridized carbons (Fsp3) is 0.945. The van der Waals surface area contributed by atoms with Gasteiger partial charge >= 0.3 is 17.9 Å². The number of carbonyl (C=O) groups is 3. The summed E-state index contributed by atoms with van der Waals surface area (Å²) in [5, 5.41) is 0. The molecule has 0 aromatic heterocycles. The van der Waals surface area contributed by atoms with Crippen molar-refractivity contribution < 1.29 is 28.6 Å². The molecule has 0 aromatic rings. The quantitative estimate of drug-likeness (QED) is 0.0344. The summed E-state index contributed by atoms with van der Waals surface area (Å²) in [5.74, 6) is 0.852. The van der Waals surface area contributed by atoms with E-state index in [0.29, 0.717) is 19.3 Å². The van der Waals surface area contributed by atoms with Gasteiger partial charge in [-0.1, -0.05) is 266 Å². The third kappa shape index (κ3) is 47.7. The fourth-order valence-electron chi connectivity index (χ4n) is 8.31. The van der Waals surface area contributed by atoms with Crippen LogP contribution in [0.4, 0.5) is 0 Å². The molecular formula is C55H106O6. The van der Waals surface area contributed by atoms with Crippen LogP contribution in [0.2, 0.25) is 0 Å². The molecular weight excluding hydrogens is 757 g/mol. The van der Waals surface area contributed by atoms with E-state index in [9.17, 15) is 14.4 Å². The van der Waals surface area contributed by atoms with Gasteiger partial charge in [-0.15, -0.1) is 0 Å². The topological polar surface area (TPSA) is 78.9 Å². The first kappa shape index (κ1) is 59.4. The van der Waals surface area contributed by atoms with Crippen molar-refractivity contribution in [2.45, 2.75) is 310 Å². The molecule has 61 heavy (non-hydrogen) atoms. The number of unbranched alkanes of at least 4 members (excludes halogenated alkanes) is 33. The van der Waals surface area contributed by atoms with Gasteiger partial charge in [-0.25, -0.2) is 0 Å². The molecule has 0 aliphatic rings. The van der Waals surface area contributed by atoms with Gasteiger partial charge < -0.3 is 14.2 Å². The molecule has 6 nitrogen and oxygen atoms in total. The van der Waals surface area contributed by atoms with Gasteiger partial charge in [0.25, 0.3) is 0 Å². The highest BCUT2D eigenvalue weighted by Crippen LogP contribution is 2.18. The molecule has 0 N–H and O–H groups in total.